The van der Waals surface area contributed by atoms with E-state index < -0.39 is 11.9 Å². The molecule has 0 amide bonds. The molecule has 0 radical (unpaired) electrons. The predicted octanol–water partition coefficient (Wildman–Crippen LogP) is 4.20. The van der Waals surface area contributed by atoms with Crippen molar-refractivity contribution in [1.29, 1.82) is 0 Å². The van der Waals surface area contributed by atoms with Crippen molar-refractivity contribution in [2.45, 2.75) is 13.1 Å². The Balaban J connectivity index is 2.04. The number of benzene rings is 2. The minimum atomic E-state index is -4.52. The summed E-state index contributed by atoms with van der Waals surface area (Å²) >= 11 is 0. The van der Waals surface area contributed by atoms with Gasteiger partial charge in [0.2, 0.25) is 0 Å². The Morgan fingerprint density at radius 1 is 1.04 bits per heavy atom. The molecule has 2 aromatic carbocycles. The van der Waals surface area contributed by atoms with Crippen molar-refractivity contribution >= 4 is 0 Å². The standard InChI is InChI=1S/C19H18F3N3O/c1-13-2-6-15(7-3-13)25-17(12-18(24-25)19(20,21)22)14-4-8-16(9-5-14)26-11-10-23/h2-9,12H,10-11,23H2,1H3. The largest absolute Gasteiger partial charge is 0.492 e. The zero-order valence-electron chi connectivity index (χ0n) is 14.1. The highest BCUT2D eigenvalue weighted by atomic mass is 19.4. The molecule has 1 aromatic heterocycles. The van der Waals surface area contributed by atoms with Gasteiger partial charge in [0, 0.05) is 12.1 Å². The molecule has 3 aromatic rings. The van der Waals surface area contributed by atoms with Crippen LogP contribution in [0.2, 0.25) is 0 Å². The SMILES string of the molecule is Cc1ccc(-n2nc(C(F)(F)F)cc2-c2ccc(OCCN)cc2)cc1. The molecule has 0 aliphatic heterocycles. The van der Waals surface area contributed by atoms with Gasteiger partial charge in [-0.05, 0) is 49.4 Å². The quantitative estimate of drug-likeness (QED) is 0.741. The second-order valence-corrected chi connectivity index (χ2v) is 5.82. The van der Waals surface area contributed by atoms with Gasteiger partial charge in [0.05, 0.1) is 11.4 Å². The van der Waals surface area contributed by atoms with E-state index in [0.29, 0.717) is 35.8 Å². The lowest BCUT2D eigenvalue weighted by Gasteiger charge is -2.09. The van der Waals surface area contributed by atoms with Gasteiger partial charge < -0.3 is 10.5 Å². The number of aromatic nitrogens is 2. The lowest BCUT2D eigenvalue weighted by Crippen LogP contribution is -2.10. The molecule has 0 aliphatic rings. The summed E-state index contributed by atoms with van der Waals surface area (Å²) in [5.41, 5.74) is 6.99. The Morgan fingerprint density at radius 2 is 1.69 bits per heavy atom. The lowest BCUT2D eigenvalue weighted by atomic mass is 10.1. The smallest absolute Gasteiger partial charge is 0.435 e. The molecule has 3 rings (SSSR count). The Hall–Kier alpha value is -2.80. The summed E-state index contributed by atoms with van der Waals surface area (Å²) in [6.45, 7) is 2.67. The van der Waals surface area contributed by atoms with Gasteiger partial charge in [-0.3, -0.25) is 0 Å². The highest BCUT2D eigenvalue weighted by molar-refractivity contribution is 5.64. The molecule has 26 heavy (non-hydrogen) atoms. The fraction of sp³-hybridized carbons (Fsp3) is 0.211. The average Bonchev–Trinajstić information content (AvgIpc) is 3.07. The normalized spacial score (nSPS) is 11.6. The van der Waals surface area contributed by atoms with Crippen molar-refractivity contribution in [3.8, 4) is 22.7 Å². The number of nitrogens with two attached hydrogens (primary N) is 1. The van der Waals surface area contributed by atoms with Gasteiger partial charge in [0.25, 0.3) is 0 Å². The number of alkyl halides is 3. The summed E-state index contributed by atoms with van der Waals surface area (Å²) in [4.78, 5) is 0. The number of hydrogen-bond donors (Lipinski definition) is 1. The minimum absolute atomic E-state index is 0.353. The number of nitrogens with zero attached hydrogens (tertiary/aromatic N) is 2. The third-order valence-corrected chi connectivity index (χ3v) is 3.81. The van der Waals surface area contributed by atoms with Crippen molar-refractivity contribution < 1.29 is 17.9 Å². The zero-order valence-corrected chi connectivity index (χ0v) is 14.1. The van der Waals surface area contributed by atoms with Crippen LogP contribution in [0.15, 0.2) is 54.6 Å². The first-order chi connectivity index (χ1) is 12.4. The molecule has 0 saturated heterocycles. The van der Waals surface area contributed by atoms with Gasteiger partial charge in [-0.25, -0.2) is 4.68 Å². The van der Waals surface area contributed by atoms with Crippen LogP contribution >= 0.6 is 0 Å². The number of aryl methyl sites for hydroxylation is 1. The number of rotatable bonds is 5. The van der Waals surface area contributed by atoms with E-state index in [2.05, 4.69) is 5.10 Å². The van der Waals surface area contributed by atoms with E-state index in [4.69, 9.17) is 10.5 Å². The molecular weight excluding hydrogens is 343 g/mol. The molecular formula is C19H18F3N3O. The maximum Gasteiger partial charge on any atom is 0.435 e. The third kappa shape index (κ3) is 3.88. The Labute approximate surface area is 149 Å². The van der Waals surface area contributed by atoms with Crippen LogP contribution in [0.1, 0.15) is 11.3 Å². The van der Waals surface area contributed by atoms with Crippen LogP contribution in [0, 0.1) is 6.92 Å². The summed E-state index contributed by atoms with van der Waals surface area (Å²) in [5.74, 6) is 0.608. The van der Waals surface area contributed by atoms with E-state index >= 15 is 0 Å². The molecule has 136 valence electrons. The number of hydrogen-bond acceptors (Lipinski definition) is 3. The van der Waals surface area contributed by atoms with E-state index in [1.807, 2.05) is 19.1 Å². The van der Waals surface area contributed by atoms with Crippen LogP contribution in [0.4, 0.5) is 13.2 Å². The molecule has 2 N–H and O–H groups in total. The van der Waals surface area contributed by atoms with Gasteiger partial charge in [0.1, 0.15) is 12.4 Å². The Morgan fingerprint density at radius 3 is 2.27 bits per heavy atom. The first-order valence-electron chi connectivity index (χ1n) is 8.06. The molecule has 7 heteroatoms. The highest BCUT2D eigenvalue weighted by Crippen LogP contribution is 2.33. The van der Waals surface area contributed by atoms with Crippen molar-refractivity contribution in [3.05, 3.63) is 65.9 Å². The second-order valence-electron chi connectivity index (χ2n) is 5.82. The Kier molecular flexibility index (Phi) is 4.99. The summed E-state index contributed by atoms with van der Waals surface area (Å²) < 4.78 is 46.2. The predicted molar refractivity (Wildman–Crippen MR) is 93.3 cm³/mol. The van der Waals surface area contributed by atoms with Crippen molar-refractivity contribution in [3.63, 3.8) is 0 Å². The molecule has 0 fully saturated rings. The van der Waals surface area contributed by atoms with Crippen LogP contribution in [-0.2, 0) is 6.18 Å². The fourth-order valence-corrected chi connectivity index (χ4v) is 2.51. The minimum Gasteiger partial charge on any atom is -0.492 e. The molecule has 0 unspecified atom stereocenters. The molecule has 4 nitrogen and oxygen atoms in total. The highest BCUT2D eigenvalue weighted by Gasteiger charge is 2.35. The van der Waals surface area contributed by atoms with Crippen molar-refractivity contribution in [2.24, 2.45) is 5.73 Å². The topological polar surface area (TPSA) is 53.1 Å². The van der Waals surface area contributed by atoms with Gasteiger partial charge >= 0.3 is 6.18 Å². The molecule has 0 bridgehead atoms. The van der Waals surface area contributed by atoms with Gasteiger partial charge in [-0.1, -0.05) is 17.7 Å². The molecule has 0 saturated carbocycles. The van der Waals surface area contributed by atoms with Gasteiger partial charge in [-0.15, -0.1) is 0 Å². The van der Waals surface area contributed by atoms with Crippen LogP contribution in [-0.4, -0.2) is 22.9 Å². The third-order valence-electron chi connectivity index (χ3n) is 3.81. The fourth-order valence-electron chi connectivity index (χ4n) is 2.51. The lowest BCUT2D eigenvalue weighted by molar-refractivity contribution is -0.141. The van der Waals surface area contributed by atoms with Gasteiger partial charge in [-0.2, -0.15) is 18.3 Å². The first-order valence-corrected chi connectivity index (χ1v) is 8.06. The maximum atomic E-state index is 13.2. The monoisotopic (exact) mass is 361 g/mol. The van der Waals surface area contributed by atoms with Crippen LogP contribution in [0.5, 0.6) is 5.75 Å². The van der Waals surface area contributed by atoms with E-state index in [1.165, 1.54) is 4.68 Å². The number of halogens is 3. The van der Waals surface area contributed by atoms with E-state index in [9.17, 15) is 13.2 Å². The van der Waals surface area contributed by atoms with Crippen molar-refractivity contribution in [2.75, 3.05) is 13.2 Å². The second kappa shape index (κ2) is 7.21. The van der Waals surface area contributed by atoms with Gasteiger partial charge in [0.15, 0.2) is 5.69 Å². The Bertz CT molecular complexity index is 869. The molecule has 1 heterocycles. The summed E-state index contributed by atoms with van der Waals surface area (Å²) in [5, 5.41) is 3.77. The average molecular weight is 361 g/mol. The van der Waals surface area contributed by atoms with Crippen LogP contribution in [0.25, 0.3) is 16.9 Å². The van der Waals surface area contributed by atoms with Crippen LogP contribution < -0.4 is 10.5 Å². The summed E-state index contributed by atoms with van der Waals surface area (Å²) in [6, 6.07) is 15.0. The van der Waals surface area contributed by atoms with E-state index in [-0.39, 0.29) is 0 Å². The molecule has 0 atom stereocenters. The van der Waals surface area contributed by atoms with Crippen molar-refractivity contribution in [1.82, 2.24) is 9.78 Å². The van der Waals surface area contributed by atoms with E-state index in [1.54, 1.807) is 36.4 Å². The summed E-state index contributed by atoms with van der Waals surface area (Å²) in [7, 11) is 0. The first kappa shape index (κ1) is 18.0. The molecule has 0 spiro atoms. The van der Waals surface area contributed by atoms with E-state index in [0.717, 1.165) is 11.6 Å². The maximum absolute atomic E-state index is 13.2. The summed E-state index contributed by atoms with van der Waals surface area (Å²) in [6.07, 6.45) is -4.52. The number of ether oxygens (including phenoxy) is 1. The molecule has 0 aliphatic carbocycles. The van der Waals surface area contributed by atoms with Crippen LogP contribution in [0.3, 0.4) is 0 Å². The zero-order chi connectivity index (χ0) is 18.7.